The van der Waals surface area contributed by atoms with Gasteiger partial charge in [0.2, 0.25) is 0 Å². The summed E-state index contributed by atoms with van der Waals surface area (Å²) >= 11 is 4.40. The Kier molecular flexibility index (Phi) is 4.90. The van der Waals surface area contributed by atoms with Crippen LogP contribution in [-0.4, -0.2) is 18.3 Å². The van der Waals surface area contributed by atoms with Crippen LogP contribution < -0.4 is 5.73 Å². The lowest BCUT2D eigenvalue weighted by Crippen LogP contribution is -2.27. The molecule has 5 heteroatoms. The number of phenols is 1. The van der Waals surface area contributed by atoms with Crippen molar-refractivity contribution in [1.82, 2.24) is 0 Å². The molecule has 1 aliphatic rings. The Hall–Kier alpha value is 0.400. The molecule has 17 heavy (non-hydrogen) atoms. The molecule has 2 rings (SSSR count). The highest BCUT2D eigenvalue weighted by atomic mass is 127. The van der Waals surface area contributed by atoms with Crippen molar-refractivity contribution in [2.45, 2.75) is 18.9 Å². The number of aromatic hydroxyl groups is 1. The van der Waals surface area contributed by atoms with E-state index in [1.807, 2.05) is 12.1 Å². The lowest BCUT2D eigenvalue weighted by molar-refractivity contribution is 0.0581. The summed E-state index contributed by atoms with van der Waals surface area (Å²) in [6.45, 7) is 1.56. The fourth-order valence-electron chi connectivity index (χ4n) is 2.17. The maximum absolute atomic E-state index is 10.1. The molecule has 3 nitrogen and oxygen atoms in total. The van der Waals surface area contributed by atoms with Gasteiger partial charge in [0, 0.05) is 28.4 Å². The van der Waals surface area contributed by atoms with Gasteiger partial charge in [-0.2, -0.15) is 0 Å². The quantitative estimate of drug-likeness (QED) is 0.670. The molecule has 0 aromatic heterocycles. The lowest BCUT2D eigenvalue weighted by atomic mass is 9.87. The van der Waals surface area contributed by atoms with E-state index < -0.39 is 0 Å². The minimum atomic E-state index is -0.0952. The second kappa shape index (κ2) is 6.03. The molecule has 1 heterocycles. The molecule has 1 fully saturated rings. The number of halogens is 2. The van der Waals surface area contributed by atoms with Crippen molar-refractivity contribution >= 4 is 45.2 Å². The third-order valence-corrected chi connectivity index (χ3v) is 4.64. The molecule has 1 aromatic carbocycles. The molecule has 0 spiro atoms. The van der Waals surface area contributed by atoms with Crippen molar-refractivity contribution in [3.8, 4) is 5.75 Å². The topological polar surface area (TPSA) is 55.5 Å². The Morgan fingerprint density at radius 1 is 1.29 bits per heavy atom. The zero-order valence-electron chi connectivity index (χ0n) is 9.33. The van der Waals surface area contributed by atoms with Crippen LogP contribution in [0.3, 0.4) is 0 Å². The third-order valence-electron chi connectivity index (χ3n) is 3.19. The van der Waals surface area contributed by atoms with Crippen LogP contribution in [0.4, 0.5) is 0 Å². The Labute approximate surface area is 128 Å². The summed E-state index contributed by atoms with van der Waals surface area (Å²) in [6, 6.07) is 3.84. The average Bonchev–Trinajstić information content (AvgIpc) is 2.34. The Morgan fingerprint density at radius 3 is 2.59 bits per heavy atom. The predicted molar refractivity (Wildman–Crippen MR) is 84.0 cm³/mol. The highest BCUT2D eigenvalue weighted by molar-refractivity contribution is 14.1. The largest absolute Gasteiger partial charge is 0.506 e. The molecule has 1 atom stereocenters. The van der Waals surface area contributed by atoms with Crippen LogP contribution in [0, 0.1) is 13.1 Å². The minimum Gasteiger partial charge on any atom is -0.506 e. The zero-order chi connectivity index (χ0) is 12.4. The molecular formula is C12H15I2NO2. The summed E-state index contributed by atoms with van der Waals surface area (Å²) < 4.78 is 7.32. The van der Waals surface area contributed by atoms with E-state index in [0.717, 1.165) is 38.8 Å². The normalized spacial score (nSPS) is 19.2. The van der Waals surface area contributed by atoms with Gasteiger partial charge in [0.1, 0.15) is 5.75 Å². The van der Waals surface area contributed by atoms with Gasteiger partial charge in [-0.05, 0) is 76.1 Å². The smallest absolute Gasteiger partial charge is 0.133 e. The second-order valence-corrected chi connectivity index (χ2v) is 6.71. The first-order chi connectivity index (χ1) is 8.09. The van der Waals surface area contributed by atoms with Gasteiger partial charge in [-0.25, -0.2) is 0 Å². The molecule has 0 aliphatic carbocycles. The van der Waals surface area contributed by atoms with Crippen LogP contribution in [0.25, 0.3) is 0 Å². The van der Waals surface area contributed by atoms with E-state index in [2.05, 4.69) is 45.2 Å². The maximum atomic E-state index is 10.1. The molecule has 3 N–H and O–H groups in total. The van der Waals surface area contributed by atoms with E-state index in [1.54, 1.807) is 0 Å². The zero-order valence-corrected chi connectivity index (χ0v) is 13.6. The Bertz CT molecular complexity index is 406. The molecule has 0 amide bonds. The minimum absolute atomic E-state index is 0.0952. The number of hydrogen-bond donors (Lipinski definition) is 2. The molecular weight excluding hydrogens is 444 g/mol. The van der Waals surface area contributed by atoms with E-state index in [0.29, 0.717) is 11.7 Å². The first-order valence-corrected chi connectivity index (χ1v) is 7.76. The van der Waals surface area contributed by atoms with Gasteiger partial charge in [-0.15, -0.1) is 0 Å². The lowest BCUT2D eigenvalue weighted by Gasteiger charge is -2.28. The SMILES string of the molecule is N[C@@H](c1cc(I)cc(I)c1O)C1CCOCC1. The van der Waals surface area contributed by atoms with Crippen LogP contribution >= 0.6 is 45.2 Å². The number of benzene rings is 1. The third kappa shape index (κ3) is 3.24. The van der Waals surface area contributed by atoms with Crippen LogP contribution in [0.5, 0.6) is 5.75 Å². The van der Waals surface area contributed by atoms with Crippen LogP contribution in [-0.2, 0) is 4.74 Å². The van der Waals surface area contributed by atoms with E-state index in [1.165, 1.54) is 0 Å². The van der Waals surface area contributed by atoms with Gasteiger partial charge in [0.05, 0.1) is 3.57 Å². The van der Waals surface area contributed by atoms with Crippen molar-refractivity contribution < 1.29 is 9.84 Å². The fraction of sp³-hybridized carbons (Fsp3) is 0.500. The van der Waals surface area contributed by atoms with Crippen molar-refractivity contribution in [3.63, 3.8) is 0 Å². The van der Waals surface area contributed by atoms with E-state index in [9.17, 15) is 5.11 Å². The van der Waals surface area contributed by atoms with Crippen LogP contribution in [0.2, 0.25) is 0 Å². The van der Waals surface area contributed by atoms with Gasteiger partial charge in [0.15, 0.2) is 0 Å². The Balaban J connectivity index is 2.26. The molecule has 0 saturated carbocycles. The monoisotopic (exact) mass is 459 g/mol. The van der Waals surface area contributed by atoms with Gasteiger partial charge in [-0.3, -0.25) is 0 Å². The number of rotatable bonds is 2. The van der Waals surface area contributed by atoms with E-state index in [4.69, 9.17) is 10.5 Å². The standard InChI is InChI=1S/C12H15I2NO2/c13-8-5-9(12(16)10(14)6-8)11(15)7-1-3-17-4-2-7/h5-7,11,16H,1-4,15H2/t11-/m1/s1. The number of ether oxygens (including phenoxy) is 1. The first kappa shape index (κ1) is 13.8. The average molecular weight is 459 g/mol. The van der Waals surface area contributed by atoms with Crippen molar-refractivity contribution in [3.05, 3.63) is 24.8 Å². The van der Waals surface area contributed by atoms with Crippen molar-refractivity contribution in [2.24, 2.45) is 11.7 Å². The molecule has 94 valence electrons. The summed E-state index contributed by atoms with van der Waals surface area (Å²) in [6.07, 6.45) is 1.95. The summed E-state index contributed by atoms with van der Waals surface area (Å²) in [5.74, 6) is 0.744. The van der Waals surface area contributed by atoms with Crippen molar-refractivity contribution in [2.75, 3.05) is 13.2 Å². The number of nitrogens with two attached hydrogens (primary N) is 1. The van der Waals surface area contributed by atoms with E-state index in [-0.39, 0.29) is 6.04 Å². The van der Waals surface area contributed by atoms with Crippen molar-refractivity contribution in [1.29, 1.82) is 0 Å². The summed E-state index contributed by atoms with van der Waals surface area (Å²) in [4.78, 5) is 0. The van der Waals surface area contributed by atoms with Gasteiger partial charge < -0.3 is 15.6 Å². The fourth-order valence-corrected chi connectivity index (χ4v) is 4.06. The summed E-state index contributed by atoms with van der Waals surface area (Å²) in [5, 5.41) is 10.1. The van der Waals surface area contributed by atoms with Crippen LogP contribution in [0.1, 0.15) is 24.4 Å². The molecule has 1 saturated heterocycles. The molecule has 1 aromatic rings. The number of hydrogen-bond acceptors (Lipinski definition) is 3. The highest BCUT2D eigenvalue weighted by Crippen LogP contribution is 2.36. The molecule has 0 unspecified atom stereocenters. The highest BCUT2D eigenvalue weighted by Gasteiger charge is 2.25. The predicted octanol–water partition coefficient (Wildman–Crippen LogP) is 3.03. The first-order valence-electron chi connectivity index (χ1n) is 5.61. The Morgan fingerprint density at radius 2 is 1.94 bits per heavy atom. The van der Waals surface area contributed by atoms with Gasteiger partial charge in [-0.1, -0.05) is 0 Å². The second-order valence-electron chi connectivity index (χ2n) is 4.30. The van der Waals surface area contributed by atoms with E-state index >= 15 is 0 Å². The maximum Gasteiger partial charge on any atom is 0.133 e. The van der Waals surface area contributed by atoms with Gasteiger partial charge >= 0.3 is 0 Å². The summed E-state index contributed by atoms with van der Waals surface area (Å²) in [7, 11) is 0. The summed E-state index contributed by atoms with van der Waals surface area (Å²) in [5.41, 5.74) is 7.15. The number of phenolic OH excluding ortho intramolecular Hbond substituents is 1. The molecule has 0 radical (unpaired) electrons. The van der Waals surface area contributed by atoms with Crippen LogP contribution in [0.15, 0.2) is 12.1 Å². The molecule has 1 aliphatic heterocycles. The molecule has 0 bridgehead atoms. The van der Waals surface area contributed by atoms with Gasteiger partial charge in [0.25, 0.3) is 0 Å².